The van der Waals surface area contributed by atoms with Crippen molar-refractivity contribution in [3.63, 3.8) is 0 Å². The average molecular weight is 480 g/mol. The fraction of sp³-hybridized carbons (Fsp3) is 0.733. The van der Waals surface area contributed by atoms with Gasteiger partial charge in [0.25, 0.3) is 0 Å². The summed E-state index contributed by atoms with van der Waals surface area (Å²) in [5.74, 6) is 2.08. The summed E-state index contributed by atoms with van der Waals surface area (Å²) >= 11 is 0. The van der Waals surface area contributed by atoms with Crippen LogP contribution in [-0.4, -0.2) is 35.0 Å². The van der Waals surface area contributed by atoms with Crippen molar-refractivity contribution in [2.45, 2.75) is 108 Å². The first-order valence-electron chi connectivity index (χ1n) is 14.2. The number of carbonyl (C=O) groups excluding carboxylic acids is 2. The molecule has 3 saturated carbocycles. The minimum absolute atomic E-state index is 0.0936. The maximum absolute atomic E-state index is 14.2. The Hall–Kier alpha value is -2.04. The van der Waals surface area contributed by atoms with E-state index in [0.717, 1.165) is 36.5 Å². The van der Waals surface area contributed by atoms with Gasteiger partial charge in [-0.15, -0.1) is 0 Å². The van der Waals surface area contributed by atoms with Gasteiger partial charge in [-0.3, -0.25) is 4.79 Å². The Bertz CT molecular complexity index is 979. The Kier molecular flexibility index (Phi) is 5.69. The molecule has 4 atom stereocenters. The minimum atomic E-state index is -0.759. The van der Waals surface area contributed by atoms with Gasteiger partial charge in [0.15, 0.2) is 11.1 Å². The number of carbonyl (C=O) groups is 2. The maximum atomic E-state index is 14.2. The second-order valence-corrected chi connectivity index (χ2v) is 12.2. The molecule has 0 bridgehead atoms. The number of piperidine rings is 1. The number of amides is 1. The molecule has 1 aromatic carbocycles. The lowest BCUT2D eigenvalue weighted by atomic mass is 9.72. The van der Waals surface area contributed by atoms with Gasteiger partial charge in [0.1, 0.15) is 5.75 Å². The van der Waals surface area contributed by atoms with Gasteiger partial charge < -0.3 is 14.4 Å². The molecule has 1 spiro atoms. The standard InChI is InChI=1S/C30H41NO4/c1-28-29(18-17-21-9-5-3-6-10-21)25(19-22-11-7-4-8-12-22)26(32)31(30(28,29)27(33)35-28)20-23-13-15-24(34-2)16-14-23/h13-16,21-22,25H,3-12,17-20H2,1-2H3/t25-,28-,29+,30?/m0/s1. The lowest BCUT2D eigenvalue weighted by molar-refractivity contribution is -0.191. The van der Waals surface area contributed by atoms with Crippen LogP contribution in [0.15, 0.2) is 24.3 Å². The van der Waals surface area contributed by atoms with Crippen molar-refractivity contribution in [2.24, 2.45) is 23.2 Å². The van der Waals surface area contributed by atoms with Crippen LogP contribution >= 0.6 is 0 Å². The molecule has 1 unspecified atom stereocenters. The molecule has 2 saturated heterocycles. The summed E-state index contributed by atoms with van der Waals surface area (Å²) < 4.78 is 11.3. The molecule has 0 aromatic heterocycles. The summed E-state index contributed by atoms with van der Waals surface area (Å²) in [5.41, 5.74) is -0.589. The summed E-state index contributed by atoms with van der Waals surface area (Å²) in [6, 6.07) is 7.92. The van der Waals surface area contributed by atoms with Crippen LogP contribution in [0.5, 0.6) is 5.75 Å². The van der Waals surface area contributed by atoms with Crippen molar-refractivity contribution in [1.29, 1.82) is 0 Å². The number of benzene rings is 1. The summed E-state index contributed by atoms with van der Waals surface area (Å²) in [5, 5.41) is 0. The highest BCUT2D eigenvalue weighted by Gasteiger charge is 3.05. The number of hydrogen-bond donors (Lipinski definition) is 0. The fourth-order valence-corrected chi connectivity index (χ4v) is 8.95. The largest absolute Gasteiger partial charge is 0.497 e. The van der Waals surface area contributed by atoms with Gasteiger partial charge in [-0.1, -0.05) is 76.3 Å². The van der Waals surface area contributed by atoms with Crippen LogP contribution in [0.2, 0.25) is 0 Å². The van der Waals surface area contributed by atoms with Crippen LogP contribution in [0, 0.1) is 23.2 Å². The average Bonchev–Trinajstić information content (AvgIpc) is 3.16. The first kappa shape index (κ1) is 23.4. The van der Waals surface area contributed by atoms with Gasteiger partial charge in [0, 0.05) is 6.54 Å². The van der Waals surface area contributed by atoms with Crippen molar-refractivity contribution in [2.75, 3.05) is 7.11 Å². The van der Waals surface area contributed by atoms with E-state index in [2.05, 4.69) is 6.92 Å². The van der Waals surface area contributed by atoms with Crippen molar-refractivity contribution in [1.82, 2.24) is 4.90 Å². The van der Waals surface area contributed by atoms with Gasteiger partial charge in [-0.2, -0.15) is 0 Å². The van der Waals surface area contributed by atoms with Crippen LogP contribution in [0.1, 0.15) is 96.0 Å². The highest BCUT2D eigenvalue weighted by molar-refractivity contribution is 6.08. The Morgan fingerprint density at radius 3 is 2.17 bits per heavy atom. The number of esters is 1. The first-order chi connectivity index (χ1) is 17.0. The number of nitrogens with zero attached hydrogens (tertiary/aromatic N) is 1. The Labute approximate surface area is 209 Å². The third-order valence-electron chi connectivity index (χ3n) is 10.7. The lowest BCUT2D eigenvalue weighted by Crippen LogP contribution is -2.60. The second-order valence-electron chi connectivity index (χ2n) is 12.2. The van der Waals surface area contributed by atoms with E-state index in [1.807, 2.05) is 29.2 Å². The molecule has 5 aliphatic rings. The van der Waals surface area contributed by atoms with Crippen molar-refractivity contribution < 1.29 is 19.1 Å². The van der Waals surface area contributed by atoms with Crippen LogP contribution in [0.25, 0.3) is 0 Å². The first-order valence-corrected chi connectivity index (χ1v) is 14.2. The smallest absolute Gasteiger partial charge is 0.337 e. The van der Waals surface area contributed by atoms with E-state index in [1.54, 1.807) is 7.11 Å². The van der Waals surface area contributed by atoms with E-state index >= 15 is 0 Å². The molecular weight excluding hydrogens is 438 g/mol. The fourth-order valence-electron chi connectivity index (χ4n) is 8.95. The van der Waals surface area contributed by atoms with Crippen LogP contribution < -0.4 is 4.74 Å². The SMILES string of the molecule is COc1ccc(CN2C(=O)[C@H](CC3CCCCC3)[C@@]3(CCC4CCCCC4)C24C(=O)O[C@]43C)cc1. The van der Waals surface area contributed by atoms with Gasteiger partial charge >= 0.3 is 5.97 Å². The summed E-state index contributed by atoms with van der Waals surface area (Å²) in [6.45, 7) is 2.61. The molecule has 5 nitrogen and oxygen atoms in total. The number of methoxy groups -OCH3 is 1. The summed E-state index contributed by atoms with van der Waals surface area (Å²) in [7, 11) is 1.66. The van der Waals surface area contributed by atoms with E-state index in [1.165, 1.54) is 64.2 Å². The second kappa shape index (κ2) is 8.52. The molecule has 5 fully saturated rings. The predicted octanol–water partition coefficient (Wildman–Crippen LogP) is 6.04. The van der Waals surface area contributed by atoms with Gasteiger partial charge in [-0.25, -0.2) is 4.79 Å². The van der Waals surface area contributed by atoms with E-state index in [9.17, 15) is 9.59 Å². The van der Waals surface area contributed by atoms with E-state index < -0.39 is 11.1 Å². The lowest BCUT2D eigenvalue weighted by Gasteiger charge is -2.40. The van der Waals surface area contributed by atoms with Crippen LogP contribution in [0.4, 0.5) is 0 Å². The number of ether oxygens (including phenoxy) is 2. The maximum Gasteiger partial charge on any atom is 0.337 e. The topological polar surface area (TPSA) is 55.8 Å². The minimum Gasteiger partial charge on any atom is -0.497 e. The monoisotopic (exact) mass is 479 g/mol. The predicted molar refractivity (Wildman–Crippen MR) is 134 cm³/mol. The van der Waals surface area contributed by atoms with E-state index in [-0.39, 0.29) is 23.2 Å². The normalized spacial score (nSPS) is 36.9. The molecule has 6 rings (SSSR count). The molecule has 0 radical (unpaired) electrons. The van der Waals surface area contributed by atoms with Crippen LogP contribution in [0.3, 0.4) is 0 Å². The third kappa shape index (κ3) is 3.12. The number of hydrogen-bond acceptors (Lipinski definition) is 4. The van der Waals surface area contributed by atoms with E-state index in [0.29, 0.717) is 12.5 Å². The summed E-state index contributed by atoms with van der Waals surface area (Å²) in [4.78, 5) is 29.5. The third-order valence-corrected chi connectivity index (χ3v) is 10.7. The van der Waals surface area contributed by atoms with Crippen molar-refractivity contribution in [3.8, 4) is 5.75 Å². The van der Waals surface area contributed by atoms with Gasteiger partial charge in [0.05, 0.1) is 18.4 Å². The molecule has 2 heterocycles. The molecule has 0 N–H and O–H groups in total. The molecule has 35 heavy (non-hydrogen) atoms. The molecular formula is C30H41NO4. The quantitative estimate of drug-likeness (QED) is 0.427. The van der Waals surface area contributed by atoms with Crippen molar-refractivity contribution in [3.05, 3.63) is 29.8 Å². The molecule has 2 aliphatic heterocycles. The Morgan fingerprint density at radius 1 is 0.943 bits per heavy atom. The Morgan fingerprint density at radius 2 is 1.57 bits per heavy atom. The Balaban J connectivity index is 1.33. The summed E-state index contributed by atoms with van der Waals surface area (Å²) in [6.07, 6.45) is 15.9. The zero-order valence-electron chi connectivity index (χ0n) is 21.5. The zero-order chi connectivity index (χ0) is 24.3. The molecule has 3 aliphatic carbocycles. The van der Waals surface area contributed by atoms with Gasteiger partial charge in [0.2, 0.25) is 5.91 Å². The molecule has 1 aromatic rings. The number of rotatable bonds is 8. The molecule has 1 amide bonds. The van der Waals surface area contributed by atoms with Crippen molar-refractivity contribution >= 4 is 11.9 Å². The zero-order valence-corrected chi connectivity index (χ0v) is 21.5. The number of fused-ring (bicyclic) bond motifs is 1. The molecule has 5 heteroatoms. The number of likely N-dealkylation sites (tertiary alicyclic amines) is 1. The van der Waals surface area contributed by atoms with E-state index in [4.69, 9.17) is 9.47 Å². The van der Waals surface area contributed by atoms with Crippen LogP contribution in [-0.2, 0) is 20.9 Å². The highest BCUT2D eigenvalue weighted by Crippen LogP contribution is 2.85. The highest BCUT2D eigenvalue weighted by atomic mass is 16.6. The molecule has 190 valence electrons. The van der Waals surface area contributed by atoms with Gasteiger partial charge in [-0.05, 0) is 55.7 Å².